The first-order chi connectivity index (χ1) is 12.0. The van der Waals surface area contributed by atoms with E-state index in [1.807, 2.05) is 36.4 Å². The van der Waals surface area contributed by atoms with E-state index in [0.29, 0.717) is 11.3 Å². The molecule has 0 fully saturated rings. The molecule has 0 aliphatic heterocycles. The highest BCUT2D eigenvalue weighted by atomic mass is 79.9. The predicted molar refractivity (Wildman–Crippen MR) is 101 cm³/mol. The summed E-state index contributed by atoms with van der Waals surface area (Å²) >= 11 is 3.40. The molecule has 1 atom stereocenters. The zero-order valence-corrected chi connectivity index (χ0v) is 15.4. The standard InChI is InChI=1S/C19H20BrNO4/c1-25-18-9-6-15(19(24)21-11-17(23)12-22)10-14(18)5-2-13-3-7-16(20)8-4-13/h2-10,17,22-23H,11-12H2,1H3,(H,21,24). The van der Waals surface area contributed by atoms with Gasteiger partial charge in [-0.3, -0.25) is 4.79 Å². The van der Waals surface area contributed by atoms with E-state index in [1.54, 1.807) is 25.3 Å². The van der Waals surface area contributed by atoms with Crippen molar-refractivity contribution in [3.05, 3.63) is 63.6 Å². The third kappa shape index (κ3) is 5.70. The van der Waals surface area contributed by atoms with Gasteiger partial charge in [-0.1, -0.05) is 40.2 Å². The maximum absolute atomic E-state index is 12.2. The van der Waals surface area contributed by atoms with Gasteiger partial charge in [-0.15, -0.1) is 0 Å². The summed E-state index contributed by atoms with van der Waals surface area (Å²) < 4.78 is 6.35. The fraction of sp³-hybridized carbons (Fsp3) is 0.211. The highest BCUT2D eigenvalue weighted by Crippen LogP contribution is 2.23. The number of halogens is 1. The van der Waals surface area contributed by atoms with Crippen LogP contribution in [0.3, 0.4) is 0 Å². The van der Waals surface area contributed by atoms with Crippen LogP contribution in [0.2, 0.25) is 0 Å². The fourth-order valence-corrected chi connectivity index (χ4v) is 2.41. The second-order valence-electron chi connectivity index (χ2n) is 5.39. The van der Waals surface area contributed by atoms with Gasteiger partial charge in [0.2, 0.25) is 0 Å². The second kappa shape index (κ2) is 9.36. The van der Waals surface area contributed by atoms with Crippen molar-refractivity contribution >= 4 is 34.0 Å². The summed E-state index contributed by atoms with van der Waals surface area (Å²) in [5, 5.41) is 20.7. The zero-order chi connectivity index (χ0) is 18.2. The lowest BCUT2D eigenvalue weighted by Gasteiger charge is -2.11. The van der Waals surface area contributed by atoms with E-state index in [1.165, 1.54) is 0 Å². The minimum absolute atomic E-state index is 0.00850. The van der Waals surface area contributed by atoms with Gasteiger partial charge in [-0.25, -0.2) is 0 Å². The molecule has 0 aliphatic rings. The Morgan fingerprint density at radius 3 is 2.60 bits per heavy atom. The normalized spacial score (nSPS) is 12.2. The summed E-state index contributed by atoms with van der Waals surface area (Å²) in [6.45, 7) is -0.407. The van der Waals surface area contributed by atoms with Crippen LogP contribution in [-0.4, -0.2) is 42.5 Å². The Bertz CT molecular complexity index is 744. The van der Waals surface area contributed by atoms with Crippen molar-refractivity contribution in [2.24, 2.45) is 0 Å². The smallest absolute Gasteiger partial charge is 0.251 e. The number of aliphatic hydroxyl groups is 2. The van der Waals surface area contributed by atoms with E-state index in [4.69, 9.17) is 9.84 Å². The molecule has 0 aliphatic carbocycles. The molecule has 1 unspecified atom stereocenters. The van der Waals surface area contributed by atoms with E-state index < -0.39 is 12.7 Å². The number of amides is 1. The van der Waals surface area contributed by atoms with Gasteiger partial charge in [0.15, 0.2) is 0 Å². The maximum Gasteiger partial charge on any atom is 0.251 e. The number of nitrogens with one attached hydrogen (secondary N) is 1. The Morgan fingerprint density at radius 1 is 1.24 bits per heavy atom. The maximum atomic E-state index is 12.2. The van der Waals surface area contributed by atoms with Gasteiger partial charge in [0.25, 0.3) is 5.91 Å². The van der Waals surface area contributed by atoms with Crippen LogP contribution in [0, 0.1) is 0 Å². The van der Waals surface area contributed by atoms with Gasteiger partial charge in [0.05, 0.1) is 19.8 Å². The lowest BCUT2D eigenvalue weighted by atomic mass is 10.1. The van der Waals surface area contributed by atoms with Crippen LogP contribution in [0.15, 0.2) is 46.9 Å². The number of carbonyl (C=O) groups is 1. The van der Waals surface area contributed by atoms with Gasteiger partial charge in [0, 0.05) is 22.1 Å². The molecule has 3 N–H and O–H groups in total. The Labute approximate surface area is 155 Å². The van der Waals surface area contributed by atoms with Crippen LogP contribution in [0.5, 0.6) is 5.75 Å². The van der Waals surface area contributed by atoms with Crippen LogP contribution in [0.25, 0.3) is 12.2 Å². The molecule has 0 radical (unpaired) electrons. The van der Waals surface area contributed by atoms with Crippen molar-refractivity contribution in [3.8, 4) is 5.75 Å². The van der Waals surface area contributed by atoms with Crippen molar-refractivity contribution in [2.45, 2.75) is 6.10 Å². The number of hydrogen-bond donors (Lipinski definition) is 3. The Morgan fingerprint density at radius 2 is 1.96 bits per heavy atom. The van der Waals surface area contributed by atoms with Crippen LogP contribution in [0.1, 0.15) is 21.5 Å². The highest BCUT2D eigenvalue weighted by molar-refractivity contribution is 9.10. The van der Waals surface area contributed by atoms with Crippen LogP contribution in [-0.2, 0) is 0 Å². The molecule has 5 nitrogen and oxygen atoms in total. The molecule has 1 amide bonds. The first kappa shape index (κ1) is 19.2. The van der Waals surface area contributed by atoms with E-state index in [9.17, 15) is 9.90 Å². The average Bonchev–Trinajstić information content (AvgIpc) is 2.65. The van der Waals surface area contributed by atoms with Crippen molar-refractivity contribution in [1.29, 1.82) is 0 Å². The third-order valence-electron chi connectivity index (χ3n) is 3.53. The van der Waals surface area contributed by atoms with Crippen molar-refractivity contribution in [2.75, 3.05) is 20.3 Å². The Balaban J connectivity index is 2.18. The minimum atomic E-state index is -0.973. The molecule has 0 heterocycles. The monoisotopic (exact) mass is 405 g/mol. The molecular formula is C19H20BrNO4. The quantitative estimate of drug-likeness (QED) is 0.618. The van der Waals surface area contributed by atoms with Gasteiger partial charge in [-0.05, 0) is 35.9 Å². The molecule has 2 aromatic rings. The first-order valence-corrected chi connectivity index (χ1v) is 8.51. The first-order valence-electron chi connectivity index (χ1n) is 7.72. The van der Waals surface area contributed by atoms with Crippen LogP contribution < -0.4 is 10.1 Å². The second-order valence-corrected chi connectivity index (χ2v) is 6.30. The molecule has 6 heteroatoms. The summed E-state index contributed by atoms with van der Waals surface area (Å²) in [5.41, 5.74) is 2.23. The lowest BCUT2D eigenvalue weighted by Crippen LogP contribution is -2.33. The minimum Gasteiger partial charge on any atom is -0.496 e. The van der Waals surface area contributed by atoms with E-state index in [-0.39, 0.29) is 12.5 Å². The largest absolute Gasteiger partial charge is 0.496 e. The molecule has 0 aromatic heterocycles. The summed E-state index contributed by atoms with van der Waals surface area (Å²) in [6, 6.07) is 12.9. The molecule has 132 valence electrons. The summed E-state index contributed by atoms with van der Waals surface area (Å²) in [4.78, 5) is 12.2. The number of benzene rings is 2. The van der Waals surface area contributed by atoms with Gasteiger partial charge in [0.1, 0.15) is 5.75 Å². The average molecular weight is 406 g/mol. The summed E-state index contributed by atoms with van der Waals surface area (Å²) in [7, 11) is 1.57. The number of rotatable bonds is 7. The van der Waals surface area contributed by atoms with Crippen molar-refractivity contribution in [3.63, 3.8) is 0 Å². The van der Waals surface area contributed by atoms with Crippen LogP contribution in [0.4, 0.5) is 0 Å². The van der Waals surface area contributed by atoms with Crippen LogP contribution >= 0.6 is 15.9 Å². The predicted octanol–water partition coefficient (Wildman–Crippen LogP) is 2.71. The molecular weight excluding hydrogens is 386 g/mol. The highest BCUT2D eigenvalue weighted by Gasteiger charge is 2.10. The Hall–Kier alpha value is -2.15. The van der Waals surface area contributed by atoms with Crippen molar-refractivity contribution < 1.29 is 19.7 Å². The topological polar surface area (TPSA) is 78.8 Å². The number of hydrogen-bond acceptors (Lipinski definition) is 4. The van der Waals surface area contributed by atoms with Gasteiger partial charge >= 0.3 is 0 Å². The number of ether oxygens (including phenoxy) is 1. The molecule has 0 saturated heterocycles. The molecule has 0 bridgehead atoms. The molecule has 0 spiro atoms. The molecule has 2 aromatic carbocycles. The summed E-state index contributed by atoms with van der Waals surface area (Å²) in [6.07, 6.45) is 2.84. The zero-order valence-electron chi connectivity index (χ0n) is 13.8. The SMILES string of the molecule is COc1ccc(C(=O)NCC(O)CO)cc1C=Cc1ccc(Br)cc1. The molecule has 0 saturated carbocycles. The Kier molecular flexibility index (Phi) is 7.18. The third-order valence-corrected chi connectivity index (χ3v) is 4.05. The molecule has 2 rings (SSSR count). The van der Waals surface area contributed by atoms with E-state index in [0.717, 1.165) is 15.6 Å². The van der Waals surface area contributed by atoms with Gasteiger partial charge < -0.3 is 20.3 Å². The van der Waals surface area contributed by atoms with E-state index in [2.05, 4.69) is 21.2 Å². The number of methoxy groups -OCH3 is 1. The fourth-order valence-electron chi connectivity index (χ4n) is 2.14. The number of aliphatic hydroxyl groups excluding tert-OH is 2. The van der Waals surface area contributed by atoms with Gasteiger partial charge in [-0.2, -0.15) is 0 Å². The number of carbonyl (C=O) groups excluding carboxylic acids is 1. The molecule has 25 heavy (non-hydrogen) atoms. The van der Waals surface area contributed by atoms with Crippen molar-refractivity contribution in [1.82, 2.24) is 5.32 Å². The lowest BCUT2D eigenvalue weighted by molar-refractivity contribution is 0.0802. The summed E-state index contributed by atoms with van der Waals surface area (Å²) in [5.74, 6) is 0.328. The van der Waals surface area contributed by atoms with E-state index >= 15 is 0 Å².